The highest BCUT2D eigenvalue weighted by molar-refractivity contribution is 6.04. The molecule has 0 aliphatic rings. The lowest BCUT2D eigenvalue weighted by molar-refractivity contribution is 0.102. The molecule has 4 nitrogen and oxygen atoms in total. The molecule has 0 aliphatic carbocycles. The van der Waals surface area contributed by atoms with Crippen molar-refractivity contribution in [2.75, 3.05) is 5.32 Å². The molecule has 3 rings (SSSR count). The second-order valence-electron chi connectivity index (χ2n) is 5.76. The van der Waals surface area contributed by atoms with Gasteiger partial charge in [0.15, 0.2) is 0 Å². The van der Waals surface area contributed by atoms with E-state index >= 15 is 0 Å². The van der Waals surface area contributed by atoms with Gasteiger partial charge in [-0.2, -0.15) is 0 Å². The van der Waals surface area contributed by atoms with Gasteiger partial charge in [0, 0.05) is 16.8 Å². The number of hydrogen-bond acceptors (Lipinski definition) is 3. The third-order valence-corrected chi connectivity index (χ3v) is 3.99. The fourth-order valence-corrected chi connectivity index (χ4v) is 2.45. The number of anilines is 1. The number of hydrogen-bond donors (Lipinski definition) is 2. The lowest BCUT2D eigenvalue weighted by atomic mass is 10.1. The van der Waals surface area contributed by atoms with E-state index in [4.69, 9.17) is 9.52 Å². The SMILES string of the molecule is Cc1ccc(C(=O)Nc2cccc(-c3ccc(CO)o3)c2)cc1C. The molecule has 0 aliphatic heterocycles. The maximum absolute atomic E-state index is 12.4. The number of nitrogens with one attached hydrogen (secondary N) is 1. The summed E-state index contributed by atoms with van der Waals surface area (Å²) in [5.41, 5.74) is 4.41. The fourth-order valence-electron chi connectivity index (χ4n) is 2.45. The predicted molar refractivity (Wildman–Crippen MR) is 93.9 cm³/mol. The zero-order valence-electron chi connectivity index (χ0n) is 13.7. The summed E-state index contributed by atoms with van der Waals surface area (Å²) in [6.07, 6.45) is 0. The largest absolute Gasteiger partial charge is 0.459 e. The van der Waals surface area contributed by atoms with E-state index in [9.17, 15) is 4.79 Å². The number of aryl methyl sites for hydroxylation is 2. The molecule has 0 saturated heterocycles. The number of carbonyl (C=O) groups is 1. The monoisotopic (exact) mass is 321 g/mol. The Morgan fingerprint density at radius 3 is 2.58 bits per heavy atom. The number of aliphatic hydroxyl groups excluding tert-OH is 1. The molecule has 2 N–H and O–H groups in total. The molecule has 24 heavy (non-hydrogen) atoms. The van der Waals surface area contributed by atoms with Gasteiger partial charge in [-0.3, -0.25) is 4.79 Å². The van der Waals surface area contributed by atoms with Crippen LogP contribution in [0.4, 0.5) is 5.69 Å². The van der Waals surface area contributed by atoms with Crippen molar-refractivity contribution in [3.63, 3.8) is 0 Å². The van der Waals surface area contributed by atoms with Crippen LogP contribution in [0.25, 0.3) is 11.3 Å². The van der Waals surface area contributed by atoms with Gasteiger partial charge in [-0.05, 0) is 61.4 Å². The summed E-state index contributed by atoms with van der Waals surface area (Å²) in [5.74, 6) is 1.02. The van der Waals surface area contributed by atoms with E-state index in [2.05, 4.69) is 5.32 Å². The van der Waals surface area contributed by atoms with Crippen LogP contribution in [-0.4, -0.2) is 11.0 Å². The molecule has 0 bridgehead atoms. The van der Waals surface area contributed by atoms with Crippen LogP contribution in [0.3, 0.4) is 0 Å². The zero-order valence-corrected chi connectivity index (χ0v) is 13.7. The van der Waals surface area contributed by atoms with Crippen LogP contribution in [0.5, 0.6) is 0 Å². The first-order valence-electron chi connectivity index (χ1n) is 7.75. The molecule has 0 unspecified atom stereocenters. The van der Waals surface area contributed by atoms with Gasteiger partial charge in [-0.15, -0.1) is 0 Å². The Bertz CT molecular complexity index is 880. The molecule has 0 saturated carbocycles. The normalized spacial score (nSPS) is 10.6. The van der Waals surface area contributed by atoms with Crippen molar-refractivity contribution < 1.29 is 14.3 Å². The first kappa shape index (κ1) is 16.0. The van der Waals surface area contributed by atoms with Crippen molar-refractivity contribution in [1.82, 2.24) is 0 Å². The Morgan fingerprint density at radius 1 is 1.04 bits per heavy atom. The predicted octanol–water partition coefficient (Wildman–Crippen LogP) is 4.31. The van der Waals surface area contributed by atoms with Crippen LogP contribution < -0.4 is 5.32 Å². The Hall–Kier alpha value is -2.85. The Balaban J connectivity index is 1.81. The van der Waals surface area contributed by atoms with Crippen LogP contribution in [-0.2, 0) is 6.61 Å². The minimum absolute atomic E-state index is 0.136. The van der Waals surface area contributed by atoms with Crippen LogP contribution in [0.2, 0.25) is 0 Å². The molecular formula is C20H19NO3. The van der Waals surface area contributed by atoms with Crippen LogP contribution in [0.1, 0.15) is 27.2 Å². The summed E-state index contributed by atoms with van der Waals surface area (Å²) < 4.78 is 5.53. The van der Waals surface area contributed by atoms with Crippen LogP contribution >= 0.6 is 0 Å². The van der Waals surface area contributed by atoms with Crippen LogP contribution in [0.15, 0.2) is 59.0 Å². The molecule has 0 atom stereocenters. The standard InChI is InChI=1S/C20H19NO3/c1-13-6-7-16(10-14(13)2)20(23)21-17-5-3-4-15(11-17)19-9-8-18(12-22)24-19/h3-11,22H,12H2,1-2H3,(H,21,23). The van der Waals surface area contributed by atoms with Gasteiger partial charge in [-0.1, -0.05) is 18.2 Å². The van der Waals surface area contributed by atoms with Gasteiger partial charge in [0.25, 0.3) is 5.91 Å². The Labute approximate surface area is 140 Å². The highest BCUT2D eigenvalue weighted by Crippen LogP contribution is 2.25. The van der Waals surface area contributed by atoms with E-state index in [0.29, 0.717) is 22.8 Å². The number of amides is 1. The second-order valence-corrected chi connectivity index (χ2v) is 5.76. The van der Waals surface area contributed by atoms with Gasteiger partial charge >= 0.3 is 0 Å². The highest BCUT2D eigenvalue weighted by Gasteiger charge is 2.09. The maximum Gasteiger partial charge on any atom is 0.255 e. The Kier molecular flexibility index (Phi) is 4.49. The van der Waals surface area contributed by atoms with E-state index in [1.54, 1.807) is 12.1 Å². The summed E-state index contributed by atoms with van der Waals surface area (Å²) >= 11 is 0. The maximum atomic E-state index is 12.4. The number of rotatable bonds is 4. The van der Waals surface area contributed by atoms with E-state index in [1.165, 1.54) is 0 Å². The number of carbonyl (C=O) groups excluding carboxylic acids is 1. The van der Waals surface area contributed by atoms with Gasteiger partial charge in [0.2, 0.25) is 0 Å². The van der Waals surface area contributed by atoms with Gasteiger partial charge < -0.3 is 14.8 Å². The van der Waals surface area contributed by atoms with E-state index in [-0.39, 0.29) is 12.5 Å². The van der Waals surface area contributed by atoms with E-state index < -0.39 is 0 Å². The molecule has 2 aromatic carbocycles. The van der Waals surface area contributed by atoms with Crippen molar-refractivity contribution in [3.05, 3.63) is 77.0 Å². The quantitative estimate of drug-likeness (QED) is 0.753. The molecule has 3 aromatic rings. The molecule has 1 aromatic heterocycles. The fraction of sp³-hybridized carbons (Fsp3) is 0.150. The van der Waals surface area contributed by atoms with Crippen molar-refractivity contribution in [2.24, 2.45) is 0 Å². The van der Waals surface area contributed by atoms with Crippen molar-refractivity contribution in [2.45, 2.75) is 20.5 Å². The summed E-state index contributed by atoms with van der Waals surface area (Å²) in [6.45, 7) is 3.87. The first-order chi connectivity index (χ1) is 11.6. The van der Waals surface area contributed by atoms with Crippen molar-refractivity contribution in [1.29, 1.82) is 0 Å². The highest BCUT2D eigenvalue weighted by atomic mass is 16.4. The first-order valence-corrected chi connectivity index (χ1v) is 7.75. The minimum atomic E-state index is -0.147. The molecule has 0 fully saturated rings. The lowest BCUT2D eigenvalue weighted by Gasteiger charge is -2.08. The summed E-state index contributed by atoms with van der Waals surface area (Å²) in [6, 6.07) is 16.6. The molecular weight excluding hydrogens is 302 g/mol. The van der Waals surface area contributed by atoms with Gasteiger partial charge in [0.05, 0.1) is 0 Å². The van der Waals surface area contributed by atoms with Crippen LogP contribution in [0, 0.1) is 13.8 Å². The lowest BCUT2D eigenvalue weighted by Crippen LogP contribution is -2.12. The molecule has 0 radical (unpaired) electrons. The summed E-state index contributed by atoms with van der Waals surface area (Å²) in [7, 11) is 0. The van der Waals surface area contributed by atoms with E-state index in [1.807, 2.05) is 56.3 Å². The topological polar surface area (TPSA) is 62.5 Å². The molecule has 122 valence electrons. The third-order valence-electron chi connectivity index (χ3n) is 3.99. The van der Waals surface area contributed by atoms with E-state index in [0.717, 1.165) is 16.7 Å². The average Bonchev–Trinajstić information content (AvgIpc) is 3.07. The van der Waals surface area contributed by atoms with Crippen molar-refractivity contribution in [3.8, 4) is 11.3 Å². The van der Waals surface area contributed by atoms with Crippen molar-refractivity contribution >= 4 is 11.6 Å². The number of aliphatic hydroxyl groups is 1. The Morgan fingerprint density at radius 2 is 1.88 bits per heavy atom. The third kappa shape index (κ3) is 3.39. The minimum Gasteiger partial charge on any atom is -0.459 e. The van der Waals surface area contributed by atoms with Gasteiger partial charge in [-0.25, -0.2) is 0 Å². The smallest absolute Gasteiger partial charge is 0.255 e. The zero-order chi connectivity index (χ0) is 17.1. The number of furan rings is 1. The summed E-state index contributed by atoms with van der Waals surface area (Å²) in [4.78, 5) is 12.4. The molecule has 1 heterocycles. The summed E-state index contributed by atoms with van der Waals surface area (Å²) in [5, 5.41) is 12.0. The van der Waals surface area contributed by atoms with Gasteiger partial charge in [0.1, 0.15) is 18.1 Å². The molecule has 4 heteroatoms. The number of benzene rings is 2. The molecule has 1 amide bonds. The average molecular weight is 321 g/mol. The molecule has 0 spiro atoms. The second kappa shape index (κ2) is 6.72.